The summed E-state index contributed by atoms with van der Waals surface area (Å²) in [6.07, 6.45) is 2.70. The maximum Gasteiger partial charge on any atom is 0.317 e. The lowest BCUT2D eigenvalue weighted by atomic mass is 10.0. The monoisotopic (exact) mass is 233 g/mol. The lowest BCUT2D eigenvalue weighted by Crippen LogP contribution is -2.29. The fourth-order valence-electron chi connectivity index (χ4n) is 1.86. The minimum absolute atomic E-state index is 0.0457. The SMILES string of the molecule is C=CCN(CC(=O)O)Cc1ccccc1CC. The van der Waals surface area contributed by atoms with E-state index >= 15 is 0 Å². The highest BCUT2D eigenvalue weighted by Crippen LogP contribution is 2.12. The third kappa shape index (κ3) is 4.41. The van der Waals surface area contributed by atoms with Gasteiger partial charge in [-0.1, -0.05) is 37.3 Å². The quantitative estimate of drug-likeness (QED) is 0.735. The van der Waals surface area contributed by atoms with Crippen LogP contribution in [-0.2, 0) is 17.8 Å². The molecule has 1 aromatic carbocycles. The van der Waals surface area contributed by atoms with Crippen LogP contribution in [0.25, 0.3) is 0 Å². The predicted octanol–water partition coefficient (Wildman–Crippen LogP) is 2.32. The Balaban J connectivity index is 2.77. The van der Waals surface area contributed by atoms with Crippen LogP contribution in [0.4, 0.5) is 0 Å². The van der Waals surface area contributed by atoms with E-state index in [1.165, 1.54) is 11.1 Å². The molecule has 0 bridgehead atoms. The van der Waals surface area contributed by atoms with Crippen LogP contribution in [0.2, 0.25) is 0 Å². The normalized spacial score (nSPS) is 10.5. The molecule has 0 saturated heterocycles. The zero-order chi connectivity index (χ0) is 12.7. The zero-order valence-corrected chi connectivity index (χ0v) is 10.2. The molecule has 92 valence electrons. The maximum absolute atomic E-state index is 10.8. The Hall–Kier alpha value is -1.61. The Kier molecular flexibility index (Phi) is 5.43. The summed E-state index contributed by atoms with van der Waals surface area (Å²) in [7, 11) is 0. The van der Waals surface area contributed by atoms with Crippen LogP contribution in [0.1, 0.15) is 18.1 Å². The Bertz CT molecular complexity index is 388. The number of rotatable bonds is 7. The summed E-state index contributed by atoms with van der Waals surface area (Å²) in [6, 6.07) is 8.14. The van der Waals surface area contributed by atoms with Crippen LogP contribution in [0.5, 0.6) is 0 Å². The number of carboxylic acids is 1. The molecule has 0 radical (unpaired) electrons. The van der Waals surface area contributed by atoms with E-state index in [2.05, 4.69) is 25.6 Å². The van der Waals surface area contributed by atoms with Gasteiger partial charge in [-0.25, -0.2) is 0 Å². The highest BCUT2D eigenvalue weighted by molar-refractivity contribution is 5.69. The van der Waals surface area contributed by atoms with Gasteiger partial charge in [-0.2, -0.15) is 0 Å². The van der Waals surface area contributed by atoms with Gasteiger partial charge in [-0.15, -0.1) is 6.58 Å². The second kappa shape index (κ2) is 6.86. The molecule has 17 heavy (non-hydrogen) atoms. The van der Waals surface area contributed by atoms with Crippen molar-refractivity contribution >= 4 is 5.97 Å². The van der Waals surface area contributed by atoms with E-state index in [0.29, 0.717) is 13.1 Å². The van der Waals surface area contributed by atoms with Crippen LogP contribution < -0.4 is 0 Å². The van der Waals surface area contributed by atoms with Crippen molar-refractivity contribution in [1.29, 1.82) is 0 Å². The van der Waals surface area contributed by atoms with Crippen LogP contribution in [-0.4, -0.2) is 29.1 Å². The third-order valence-electron chi connectivity index (χ3n) is 2.64. The van der Waals surface area contributed by atoms with E-state index in [1.54, 1.807) is 6.08 Å². The van der Waals surface area contributed by atoms with Gasteiger partial charge in [0.05, 0.1) is 6.54 Å². The van der Waals surface area contributed by atoms with Gasteiger partial charge < -0.3 is 5.11 Å². The summed E-state index contributed by atoms with van der Waals surface area (Å²) in [5.74, 6) is -0.805. The third-order valence-corrected chi connectivity index (χ3v) is 2.64. The number of carbonyl (C=O) groups is 1. The molecule has 0 aliphatic carbocycles. The number of carboxylic acid groups (broad SMARTS) is 1. The molecule has 0 fully saturated rings. The van der Waals surface area contributed by atoms with Gasteiger partial charge in [-0.05, 0) is 17.5 Å². The average Bonchev–Trinajstić information content (AvgIpc) is 2.29. The number of benzene rings is 1. The van der Waals surface area contributed by atoms with Crippen molar-refractivity contribution in [2.24, 2.45) is 0 Å². The van der Waals surface area contributed by atoms with Gasteiger partial charge in [0, 0.05) is 13.1 Å². The molecular weight excluding hydrogens is 214 g/mol. The molecule has 0 aliphatic heterocycles. The van der Waals surface area contributed by atoms with Gasteiger partial charge in [-0.3, -0.25) is 9.69 Å². The molecule has 1 aromatic rings. The summed E-state index contributed by atoms with van der Waals surface area (Å²) < 4.78 is 0. The lowest BCUT2D eigenvalue weighted by molar-refractivity contribution is -0.138. The second-order valence-corrected chi connectivity index (χ2v) is 3.97. The molecule has 0 spiro atoms. The first kappa shape index (κ1) is 13.5. The molecule has 0 heterocycles. The van der Waals surface area contributed by atoms with E-state index in [1.807, 2.05) is 17.0 Å². The number of nitrogens with zero attached hydrogens (tertiary/aromatic N) is 1. The van der Waals surface area contributed by atoms with Crippen molar-refractivity contribution in [2.75, 3.05) is 13.1 Å². The molecule has 0 amide bonds. The van der Waals surface area contributed by atoms with Gasteiger partial charge in [0.15, 0.2) is 0 Å². The first-order valence-electron chi connectivity index (χ1n) is 5.79. The average molecular weight is 233 g/mol. The van der Waals surface area contributed by atoms with Gasteiger partial charge >= 0.3 is 5.97 Å². The van der Waals surface area contributed by atoms with E-state index in [9.17, 15) is 4.79 Å². The predicted molar refractivity (Wildman–Crippen MR) is 68.9 cm³/mol. The summed E-state index contributed by atoms with van der Waals surface area (Å²) in [5, 5.41) is 8.84. The van der Waals surface area contributed by atoms with E-state index < -0.39 is 5.97 Å². The molecule has 0 unspecified atom stereocenters. The summed E-state index contributed by atoms with van der Waals surface area (Å²) >= 11 is 0. The molecule has 1 rings (SSSR count). The van der Waals surface area contributed by atoms with Crippen LogP contribution in [0.15, 0.2) is 36.9 Å². The number of aliphatic carboxylic acids is 1. The molecule has 0 aliphatic rings. The standard InChI is InChI=1S/C14H19NO2/c1-3-9-15(11-14(16)17)10-13-8-6-5-7-12(13)4-2/h3,5-8H,1,4,9-11H2,2H3,(H,16,17). The van der Waals surface area contributed by atoms with Crippen LogP contribution >= 0.6 is 0 Å². The molecular formula is C14H19NO2. The van der Waals surface area contributed by atoms with Crippen molar-refractivity contribution in [1.82, 2.24) is 4.90 Å². The fraction of sp³-hybridized carbons (Fsp3) is 0.357. The van der Waals surface area contributed by atoms with Crippen molar-refractivity contribution < 1.29 is 9.90 Å². The maximum atomic E-state index is 10.8. The van der Waals surface area contributed by atoms with Crippen molar-refractivity contribution in [3.05, 3.63) is 48.0 Å². The highest BCUT2D eigenvalue weighted by atomic mass is 16.4. The topological polar surface area (TPSA) is 40.5 Å². The summed E-state index contributed by atoms with van der Waals surface area (Å²) in [5.41, 5.74) is 2.46. The number of hydrogen-bond acceptors (Lipinski definition) is 2. The zero-order valence-electron chi connectivity index (χ0n) is 10.2. The largest absolute Gasteiger partial charge is 0.480 e. The molecule has 0 aromatic heterocycles. The molecule has 3 heteroatoms. The van der Waals surface area contributed by atoms with Gasteiger partial charge in [0.25, 0.3) is 0 Å². The minimum Gasteiger partial charge on any atom is -0.480 e. The Morgan fingerprint density at radius 2 is 2.06 bits per heavy atom. The van der Waals surface area contributed by atoms with Gasteiger partial charge in [0.2, 0.25) is 0 Å². The highest BCUT2D eigenvalue weighted by Gasteiger charge is 2.10. The van der Waals surface area contributed by atoms with Crippen molar-refractivity contribution in [3.8, 4) is 0 Å². The number of aryl methyl sites for hydroxylation is 1. The summed E-state index contributed by atoms with van der Waals surface area (Å²) in [6.45, 7) is 7.05. The van der Waals surface area contributed by atoms with Crippen molar-refractivity contribution in [2.45, 2.75) is 19.9 Å². The van der Waals surface area contributed by atoms with Crippen LogP contribution in [0, 0.1) is 0 Å². The van der Waals surface area contributed by atoms with E-state index in [4.69, 9.17) is 5.11 Å². The van der Waals surface area contributed by atoms with Crippen molar-refractivity contribution in [3.63, 3.8) is 0 Å². The first-order chi connectivity index (χ1) is 8.17. The van der Waals surface area contributed by atoms with E-state index in [0.717, 1.165) is 6.42 Å². The molecule has 1 N–H and O–H groups in total. The van der Waals surface area contributed by atoms with Crippen LogP contribution in [0.3, 0.4) is 0 Å². The second-order valence-electron chi connectivity index (χ2n) is 3.97. The number of hydrogen-bond donors (Lipinski definition) is 1. The molecule has 0 atom stereocenters. The fourth-order valence-corrected chi connectivity index (χ4v) is 1.86. The smallest absolute Gasteiger partial charge is 0.317 e. The molecule has 0 saturated carbocycles. The van der Waals surface area contributed by atoms with E-state index in [-0.39, 0.29) is 6.54 Å². The lowest BCUT2D eigenvalue weighted by Gasteiger charge is -2.20. The first-order valence-corrected chi connectivity index (χ1v) is 5.79. The Labute approximate surface area is 102 Å². The molecule has 3 nitrogen and oxygen atoms in total. The summed E-state index contributed by atoms with van der Waals surface area (Å²) in [4.78, 5) is 12.6. The minimum atomic E-state index is -0.805. The Morgan fingerprint density at radius 1 is 1.41 bits per heavy atom. The van der Waals surface area contributed by atoms with Gasteiger partial charge in [0.1, 0.15) is 0 Å². The Morgan fingerprint density at radius 3 is 2.59 bits per heavy atom.